The number of nitrogens with one attached hydrogen (secondary N) is 2. The number of sulfonamides is 1. The van der Waals surface area contributed by atoms with Gasteiger partial charge in [0.05, 0.1) is 16.8 Å². The third-order valence-corrected chi connectivity index (χ3v) is 4.13. The van der Waals surface area contributed by atoms with Gasteiger partial charge in [-0.25, -0.2) is 8.42 Å². The number of nitrogen functional groups attached to an aromatic ring is 1. The van der Waals surface area contributed by atoms with E-state index in [1.54, 1.807) is 6.07 Å². The lowest BCUT2D eigenvalue weighted by Gasteiger charge is -2.07. The van der Waals surface area contributed by atoms with Crippen molar-refractivity contribution in [2.45, 2.75) is 4.90 Å². The van der Waals surface area contributed by atoms with E-state index >= 15 is 0 Å². The number of hydrogen-bond donors (Lipinski definition) is 3. The zero-order valence-electron chi connectivity index (χ0n) is 8.51. The maximum atomic E-state index is 11.9. The van der Waals surface area contributed by atoms with E-state index in [-0.39, 0.29) is 4.90 Å². The molecule has 4 N–H and O–H groups in total. The van der Waals surface area contributed by atoms with Crippen molar-refractivity contribution in [2.24, 2.45) is 0 Å². The van der Waals surface area contributed by atoms with Crippen LogP contribution in [0, 0.1) is 0 Å². The lowest BCUT2D eigenvalue weighted by atomic mass is 10.3. The summed E-state index contributed by atoms with van der Waals surface area (Å²) in [5.74, 6) is 0. The predicted molar refractivity (Wildman–Crippen MR) is 68.0 cm³/mol. The van der Waals surface area contributed by atoms with Crippen LogP contribution < -0.4 is 10.5 Å². The Balaban J connectivity index is 2.35. The number of aromatic nitrogens is 2. The minimum Gasteiger partial charge on any atom is -0.398 e. The molecule has 0 saturated carbocycles. The summed E-state index contributed by atoms with van der Waals surface area (Å²) >= 11 is 3.20. The molecule has 0 bridgehead atoms. The highest BCUT2D eigenvalue weighted by Gasteiger charge is 2.15. The molecule has 90 valence electrons. The number of anilines is 2. The summed E-state index contributed by atoms with van der Waals surface area (Å²) in [6.45, 7) is 0. The van der Waals surface area contributed by atoms with Gasteiger partial charge in [0.2, 0.25) is 0 Å². The van der Waals surface area contributed by atoms with Crippen molar-refractivity contribution in [3.05, 3.63) is 35.1 Å². The summed E-state index contributed by atoms with van der Waals surface area (Å²) in [4.78, 5) is 0.0967. The number of nitrogens with two attached hydrogens (primary N) is 1. The molecule has 2 aromatic rings. The Hall–Kier alpha value is -1.54. The van der Waals surface area contributed by atoms with Crippen molar-refractivity contribution in [3.63, 3.8) is 0 Å². The highest BCUT2D eigenvalue weighted by molar-refractivity contribution is 9.10. The van der Waals surface area contributed by atoms with E-state index in [2.05, 4.69) is 30.8 Å². The molecular formula is C9H9BrN4O2S. The molecule has 0 saturated heterocycles. The van der Waals surface area contributed by atoms with Crippen molar-refractivity contribution in [1.29, 1.82) is 0 Å². The molecule has 0 spiro atoms. The van der Waals surface area contributed by atoms with Gasteiger partial charge < -0.3 is 5.73 Å². The number of rotatable bonds is 3. The summed E-state index contributed by atoms with van der Waals surface area (Å²) in [5.41, 5.74) is 6.36. The molecule has 0 radical (unpaired) electrons. The molecule has 2 rings (SSSR count). The van der Waals surface area contributed by atoms with Gasteiger partial charge in [-0.15, -0.1) is 0 Å². The molecule has 1 heterocycles. The van der Waals surface area contributed by atoms with Crippen molar-refractivity contribution < 1.29 is 8.42 Å². The predicted octanol–water partition coefficient (Wildman–Crippen LogP) is 1.56. The molecule has 0 unspecified atom stereocenters. The number of H-pyrrole nitrogens is 1. The van der Waals surface area contributed by atoms with Crippen LogP contribution in [0.5, 0.6) is 0 Å². The van der Waals surface area contributed by atoms with Crippen LogP contribution in [0.25, 0.3) is 0 Å². The molecular weight excluding hydrogens is 308 g/mol. The molecule has 17 heavy (non-hydrogen) atoms. The highest BCUT2D eigenvalue weighted by atomic mass is 79.9. The molecule has 0 aliphatic carbocycles. The van der Waals surface area contributed by atoms with Gasteiger partial charge in [-0.2, -0.15) is 5.10 Å². The molecule has 1 aromatic heterocycles. The quantitative estimate of drug-likeness (QED) is 0.748. The van der Waals surface area contributed by atoms with E-state index in [0.717, 1.165) is 0 Å². The maximum Gasteiger partial charge on any atom is 0.262 e. The van der Waals surface area contributed by atoms with Crippen LogP contribution in [-0.2, 0) is 10.0 Å². The minimum atomic E-state index is -3.63. The monoisotopic (exact) mass is 316 g/mol. The largest absolute Gasteiger partial charge is 0.398 e. The van der Waals surface area contributed by atoms with Crippen LogP contribution in [0.3, 0.4) is 0 Å². The van der Waals surface area contributed by atoms with Crippen molar-refractivity contribution in [3.8, 4) is 0 Å². The SMILES string of the molecule is Nc1cc(S(=O)(=O)Nc2cn[nH]c2)ccc1Br. The Morgan fingerprint density at radius 2 is 2.18 bits per heavy atom. The van der Waals surface area contributed by atoms with Crippen molar-refractivity contribution in [1.82, 2.24) is 10.2 Å². The average molecular weight is 317 g/mol. The second-order valence-electron chi connectivity index (χ2n) is 3.28. The number of aromatic amines is 1. The first kappa shape index (κ1) is 11.9. The van der Waals surface area contributed by atoms with Crippen LogP contribution in [0.4, 0.5) is 11.4 Å². The van der Waals surface area contributed by atoms with Gasteiger partial charge in [-0.05, 0) is 34.1 Å². The van der Waals surface area contributed by atoms with E-state index in [1.807, 2.05) is 0 Å². The highest BCUT2D eigenvalue weighted by Crippen LogP contribution is 2.23. The first-order chi connectivity index (χ1) is 7.99. The van der Waals surface area contributed by atoms with Crippen LogP contribution in [0.1, 0.15) is 0 Å². The fourth-order valence-electron chi connectivity index (χ4n) is 1.21. The van der Waals surface area contributed by atoms with E-state index in [1.165, 1.54) is 24.5 Å². The van der Waals surface area contributed by atoms with Gasteiger partial charge in [0, 0.05) is 16.4 Å². The first-order valence-electron chi connectivity index (χ1n) is 4.56. The smallest absolute Gasteiger partial charge is 0.262 e. The molecule has 8 heteroatoms. The number of halogens is 1. The standard InChI is InChI=1S/C9H9BrN4O2S/c10-8-2-1-7(3-9(8)11)17(15,16)14-6-4-12-13-5-6/h1-5,14H,11H2,(H,12,13). The number of nitrogens with zero attached hydrogens (tertiary/aromatic N) is 1. The normalized spacial score (nSPS) is 11.4. The van der Waals surface area contributed by atoms with Crippen LogP contribution in [0.15, 0.2) is 40.0 Å². The molecule has 0 atom stereocenters. The number of benzene rings is 1. The third-order valence-electron chi connectivity index (χ3n) is 2.03. The Morgan fingerprint density at radius 3 is 2.76 bits per heavy atom. The molecule has 0 aliphatic heterocycles. The summed E-state index contributed by atoms with van der Waals surface area (Å²) in [5, 5.41) is 6.16. The molecule has 1 aromatic carbocycles. The molecule has 0 amide bonds. The van der Waals surface area contributed by atoms with Gasteiger partial charge >= 0.3 is 0 Å². The van der Waals surface area contributed by atoms with Crippen molar-refractivity contribution >= 4 is 37.3 Å². The van der Waals surface area contributed by atoms with E-state index in [0.29, 0.717) is 15.8 Å². The second kappa shape index (κ2) is 4.38. The van der Waals surface area contributed by atoms with Gasteiger partial charge in [-0.3, -0.25) is 9.82 Å². The third kappa shape index (κ3) is 2.59. The van der Waals surface area contributed by atoms with E-state index in [4.69, 9.17) is 5.73 Å². The molecule has 0 aliphatic rings. The topological polar surface area (TPSA) is 101 Å². The Bertz CT molecular complexity index is 624. The van der Waals surface area contributed by atoms with Gasteiger partial charge in [-0.1, -0.05) is 0 Å². The Labute approximate surface area is 106 Å². The fourth-order valence-corrected chi connectivity index (χ4v) is 2.53. The molecule has 6 nitrogen and oxygen atoms in total. The molecule has 0 fully saturated rings. The van der Waals surface area contributed by atoms with Gasteiger partial charge in [0.15, 0.2) is 0 Å². The second-order valence-corrected chi connectivity index (χ2v) is 5.81. The van der Waals surface area contributed by atoms with Crippen LogP contribution >= 0.6 is 15.9 Å². The maximum absolute atomic E-state index is 11.9. The van der Waals surface area contributed by atoms with E-state index in [9.17, 15) is 8.42 Å². The zero-order valence-corrected chi connectivity index (χ0v) is 10.9. The van der Waals surface area contributed by atoms with E-state index < -0.39 is 10.0 Å². The average Bonchev–Trinajstić information content (AvgIpc) is 2.73. The zero-order chi connectivity index (χ0) is 12.5. The van der Waals surface area contributed by atoms with Crippen LogP contribution in [0.2, 0.25) is 0 Å². The summed E-state index contributed by atoms with van der Waals surface area (Å²) in [6, 6.07) is 4.43. The summed E-state index contributed by atoms with van der Waals surface area (Å²) in [7, 11) is -3.63. The number of hydrogen-bond acceptors (Lipinski definition) is 4. The van der Waals surface area contributed by atoms with Crippen molar-refractivity contribution in [2.75, 3.05) is 10.5 Å². The lowest BCUT2D eigenvalue weighted by Crippen LogP contribution is -2.12. The van der Waals surface area contributed by atoms with Gasteiger partial charge in [0.25, 0.3) is 10.0 Å². The summed E-state index contributed by atoms with van der Waals surface area (Å²) in [6.07, 6.45) is 2.82. The Morgan fingerprint density at radius 1 is 1.41 bits per heavy atom. The minimum absolute atomic E-state index is 0.0967. The first-order valence-corrected chi connectivity index (χ1v) is 6.83. The van der Waals surface area contributed by atoms with Crippen LogP contribution in [-0.4, -0.2) is 18.6 Å². The fraction of sp³-hybridized carbons (Fsp3) is 0. The van der Waals surface area contributed by atoms with Gasteiger partial charge in [0.1, 0.15) is 0 Å². The Kier molecular flexibility index (Phi) is 3.07. The lowest BCUT2D eigenvalue weighted by molar-refractivity contribution is 0.601. The summed E-state index contributed by atoms with van der Waals surface area (Å²) < 4.78 is 26.9.